The minimum absolute atomic E-state index is 0.129. The second kappa shape index (κ2) is 5.92. The Kier molecular flexibility index (Phi) is 4.24. The molecule has 1 unspecified atom stereocenters. The molecule has 3 N–H and O–H groups in total. The van der Waals surface area contributed by atoms with Crippen LogP contribution in [0.1, 0.15) is 18.2 Å². The topological polar surface area (TPSA) is 74.5 Å². The van der Waals surface area contributed by atoms with Crippen molar-refractivity contribution in [1.82, 2.24) is 10.6 Å². The third kappa shape index (κ3) is 3.08. The molecule has 2 aromatic rings. The van der Waals surface area contributed by atoms with Crippen molar-refractivity contribution in [2.24, 2.45) is 0 Å². The zero-order valence-electron chi connectivity index (χ0n) is 11.4. The van der Waals surface area contributed by atoms with Gasteiger partial charge in [-0.1, -0.05) is 0 Å². The number of benzene rings is 1. The lowest BCUT2D eigenvalue weighted by atomic mass is 10.1. The van der Waals surface area contributed by atoms with Gasteiger partial charge in [-0.2, -0.15) is 0 Å². The summed E-state index contributed by atoms with van der Waals surface area (Å²) in [5.74, 6) is 0.257. The highest BCUT2D eigenvalue weighted by Gasteiger charge is 2.12. The smallest absolute Gasteiger partial charge is 0.315 e. The second-order valence-corrected chi connectivity index (χ2v) is 4.70. The normalized spacial score (nSPS) is 12.4. The minimum atomic E-state index is -0.391. The van der Waals surface area contributed by atoms with E-state index in [-0.39, 0.29) is 25.0 Å². The molecular weight excluding hydrogens is 263 g/mol. The lowest BCUT2D eigenvalue weighted by molar-refractivity contribution is 0.219. The zero-order valence-corrected chi connectivity index (χ0v) is 11.4. The van der Waals surface area contributed by atoms with Gasteiger partial charge in [-0.25, -0.2) is 9.18 Å². The van der Waals surface area contributed by atoms with Crippen LogP contribution in [0, 0.1) is 12.7 Å². The van der Waals surface area contributed by atoms with E-state index in [1.54, 1.807) is 13.0 Å². The summed E-state index contributed by atoms with van der Waals surface area (Å²) in [6.45, 7) is 3.58. The standard InChI is InChI=1S/C14H17FN2O3/c1-8(7-18)17-14(19)16-6-13-9(2)11-5-10(15)3-4-12(11)20-13/h3-5,8,18H,6-7H2,1-2H3,(H2,16,17,19). The number of aliphatic hydroxyl groups is 1. The maximum atomic E-state index is 13.2. The number of urea groups is 1. The third-order valence-corrected chi connectivity index (χ3v) is 3.06. The number of halogens is 1. The molecule has 0 aliphatic heterocycles. The molecule has 1 aromatic heterocycles. The Morgan fingerprint density at radius 1 is 1.50 bits per heavy atom. The van der Waals surface area contributed by atoms with Gasteiger partial charge >= 0.3 is 6.03 Å². The van der Waals surface area contributed by atoms with Crippen LogP contribution in [0.2, 0.25) is 0 Å². The van der Waals surface area contributed by atoms with E-state index in [0.29, 0.717) is 16.7 Å². The molecule has 0 aliphatic rings. The lowest BCUT2D eigenvalue weighted by Crippen LogP contribution is -2.41. The molecule has 0 saturated heterocycles. The van der Waals surface area contributed by atoms with E-state index in [1.165, 1.54) is 12.1 Å². The Bertz CT molecular complexity index is 624. The van der Waals surface area contributed by atoms with Crippen LogP contribution < -0.4 is 10.6 Å². The molecule has 0 spiro atoms. The van der Waals surface area contributed by atoms with Crippen molar-refractivity contribution in [2.75, 3.05) is 6.61 Å². The summed E-state index contributed by atoms with van der Waals surface area (Å²) in [5.41, 5.74) is 1.39. The van der Waals surface area contributed by atoms with Crippen molar-refractivity contribution < 1.29 is 18.7 Å². The van der Waals surface area contributed by atoms with Crippen molar-refractivity contribution in [1.29, 1.82) is 0 Å². The average molecular weight is 280 g/mol. The van der Waals surface area contributed by atoms with Crippen molar-refractivity contribution in [3.8, 4) is 0 Å². The number of carbonyl (C=O) groups excluding carboxylic acids is 1. The number of hydrogen-bond donors (Lipinski definition) is 3. The van der Waals surface area contributed by atoms with E-state index >= 15 is 0 Å². The third-order valence-electron chi connectivity index (χ3n) is 3.06. The van der Waals surface area contributed by atoms with Crippen molar-refractivity contribution in [2.45, 2.75) is 26.4 Å². The minimum Gasteiger partial charge on any atom is -0.459 e. The molecule has 0 saturated carbocycles. The van der Waals surface area contributed by atoms with E-state index in [2.05, 4.69) is 10.6 Å². The molecule has 1 heterocycles. The fraction of sp³-hybridized carbons (Fsp3) is 0.357. The number of amides is 2. The maximum Gasteiger partial charge on any atom is 0.315 e. The summed E-state index contributed by atoms with van der Waals surface area (Å²) in [6, 6.07) is 3.59. The quantitative estimate of drug-likeness (QED) is 0.802. The number of aryl methyl sites for hydroxylation is 1. The highest BCUT2D eigenvalue weighted by atomic mass is 19.1. The Balaban J connectivity index is 2.07. The first kappa shape index (κ1) is 14.3. The predicted molar refractivity (Wildman–Crippen MR) is 72.8 cm³/mol. The molecule has 0 radical (unpaired) electrons. The van der Waals surface area contributed by atoms with Crippen LogP contribution in [-0.4, -0.2) is 23.8 Å². The van der Waals surface area contributed by atoms with Crippen molar-refractivity contribution >= 4 is 17.0 Å². The highest BCUT2D eigenvalue weighted by molar-refractivity contribution is 5.82. The van der Waals surface area contributed by atoms with E-state index in [4.69, 9.17) is 9.52 Å². The van der Waals surface area contributed by atoms with Crippen LogP contribution in [0.3, 0.4) is 0 Å². The zero-order chi connectivity index (χ0) is 14.7. The van der Waals surface area contributed by atoms with Gasteiger partial charge in [0.1, 0.15) is 17.2 Å². The van der Waals surface area contributed by atoms with E-state index in [0.717, 1.165) is 5.56 Å². The number of furan rings is 1. The number of fused-ring (bicyclic) bond motifs is 1. The summed E-state index contributed by atoms with van der Waals surface area (Å²) in [7, 11) is 0. The first-order valence-corrected chi connectivity index (χ1v) is 6.34. The summed E-state index contributed by atoms with van der Waals surface area (Å²) < 4.78 is 18.8. The number of aliphatic hydroxyl groups excluding tert-OH is 1. The molecule has 2 rings (SSSR count). The van der Waals surface area contributed by atoms with Crippen LogP contribution in [0.4, 0.5) is 9.18 Å². The largest absolute Gasteiger partial charge is 0.459 e. The van der Waals surface area contributed by atoms with E-state index in [9.17, 15) is 9.18 Å². The average Bonchev–Trinajstić information content (AvgIpc) is 2.73. The fourth-order valence-corrected chi connectivity index (χ4v) is 1.89. The Labute approximate surface area is 115 Å². The molecule has 6 heteroatoms. The molecule has 0 fully saturated rings. The molecule has 20 heavy (non-hydrogen) atoms. The summed E-state index contributed by atoms with van der Waals surface area (Å²) >= 11 is 0. The summed E-state index contributed by atoms with van der Waals surface area (Å²) in [5, 5.41) is 14.7. The van der Waals surface area contributed by atoms with Crippen LogP contribution in [-0.2, 0) is 6.54 Å². The van der Waals surface area contributed by atoms with Crippen LogP contribution in [0.15, 0.2) is 22.6 Å². The van der Waals surface area contributed by atoms with Gasteiger partial charge in [-0.3, -0.25) is 0 Å². The molecule has 0 aliphatic carbocycles. The fourth-order valence-electron chi connectivity index (χ4n) is 1.89. The second-order valence-electron chi connectivity index (χ2n) is 4.70. The molecule has 108 valence electrons. The summed E-state index contributed by atoms with van der Waals surface area (Å²) in [6.07, 6.45) is 0. The van der Waals surface area contributed by atoms with Gasteiger partial charge in [0.05, 0.1) is 19.2 Å². The predicted octanol–water partition coefficient (Wildman–Crippen LogP) is 2.06. The maximum absolute atomic E-state index is 13.2. The number of carbonyl (C=O) groups is 1. The molecule has 1 aromatic carbocycles. The van der Waals surface area contributed by atoms with Gasteiger partial charge in [-0.15, -0.1) is 0 Å². The van der Waals surface area contributed by atoms with E-state index < -0.39 is 6.03 Å². The Morgan fingerprint density at radius 3 is 2.95 bits per heavy atom. The van der Waals surface area contributed by atoms with Gasteiger partial charge < -0.3 is 20.2 Å². The monoisotopic (exact) mass is 280 g/mol. The molecule has 0 bridgehead atoms. The first-order chi connectivity index (χ1) is 9.51. The van der Waals surface area contributed by atoms with E-state index in [1.807, 2.05) is 6.92 Å². The van der Waals surface area contributed by atoms with Gasteiger partial charge in [0.25, 0.3) is 0 Å². The number of nitrogens with one attached hydrogen (secondary N) is 2. The SMILES string of the molecule is Cc1c(CNC(=O)NC(C)CO)oc2ccc(F)cc12. The van der Waals surface area contributed by atoms with Crippen LogP contribution >= 0.6 is 0 Å². The van der Waals surface area contributed by atoms with Gasteiger partial charge in [0.15, 0.2) is 0 Å². The molecule has 5 nitrogen and oxygen atoms in total. The molecule has 2 amide bonds. The number of hydrogen-bond acceptors (Lipinski definition) is 3. The van der Waals surface area contributed by atoms with Crippen LogP contribution in [0.5, 0.6) is 0 Å². The Morgan fingerprint density at radius 2 is 2.25 bits per heavy atom. The Hall–Kier alpha value is -2.08. The van der Waals surface area contributed by atoms with Gasteiger partial charge in [-0.05, 0) is 32.0 Å². The van der Waals surface area contributed by atoms with Gasteiger partial charge in [0.2, 0.25) is 0 Å². The van der Waals surface area contributed by atoms with Gasteiger partial charge in [0, 0.05) is 10.9 Å². The van der Waals surface area contributed by atoms with Crippen LogP contribution in [0.25, 0.3) is 11.0 Å². The highest BCUT2D eigenvalue weighted by Crippen LogP contribution is 2.25. The molecular formula is C14H17FN2O3. The lowest BCUT2D eigenvalue weighted by Gasteiger charge is -2.11. The summed E-state index contributed by atoms with van der Waals surface area (Å²) in [4.78, 5) is 11.5. The van der Waals surface area contributed by atoms with Crippen molar-refractivity contribution in [3.63, 3.8) is 0 Å². The molecule has 1 atom stereocenters. The van der Waals surface area contributed by atoms with Crippen molar-refractivity contribution in [3.05, 3.63) is 35.3 Å². The number of rotatable bonds is 4. The first-order valence-electron chi connectivity index (χ1n) is 6.34.